The number of rotatable bonds is 7. The molecule has 0 unspecified atom stereocenters. The highest BCUT2D eigenvalue weighted by Crippen LogP contribution is 2.22. The van der Waals surface area contributed by atoms with E-state index in [9.17, 15) is 13.2 Å². The molecule has 34 heavy (non-hydrogen) atoms. The summed E-state index contributed by atoms with van der Waals surface area (Å²) in [5.41, 5.74) is 3.70. The van der Waals surface area contributed by atoms with Gasteiger partial charge in [-0.25, -0.2) is 8.42 Å². The van der Waals surface area contributed by atoms with Crippen molar-refractivity contribution in [3.05, 3.63) is 89.5 Å². The largest absolute Gasteiger partial charge is 0.496 e. The van der Waals surface area contributed by atoms with Gasteiger partial charge in [0.05, 0.1) is 17.7 Å². The topological polar surface area (TPSA) is 96.5 Å². The molecule has 0 aromatic heterocycles. The lowest BCUT2D eigenvalue weighted by Gasteiger charge is -2.12. The van der Waals surface area contributed by atoms with Crippen molar-refractivity contribution in [2.24, 2.45) is 0 Å². The second kappa shape index (κ2) is 11.0. The van der Waals surface area contributed by atoms with E-state index in [0.29, 0.717) is 17.1 Å². The highest BCUT2D eigenvalue weighted by Gasteiger charge is 2.15. The Morgan fingerprint density at radius 1 is 1.00 bits per heavy atom. The maximum atomic E-state index is 12.7. The summed E-state index contributed by atoms with van der Waals surface area (Å²) in [6.07, 6.45) is 2.97. The third-order valence-corrected chi connectivity index (χ3v) is 6.42. The first-order valence-corrected chi connectivity index (χ1v) is 12.2. The van der Waals surface area contributed by atoms with Gasteiger partial charge in [0.15, 0.2) is 5.11 Å². The van der Waals surface area contributed by atoms with Gasteiger partial charge in [0.25, 0.3) is 10.0 Å². The zero-order valence-corrected chi connectivity index (χ0v) is 20.6. The zero-order chi connectivity index (χ0) is 24.7. The molecule has 3 aromatic carbocycles. The summed E-state index contributed by atoms with van der Waals surface area (Å²) in [7, 11) is -2.19. The summed E-state index contributed by atoms with van der Waals surface area (Å²) in [5.74, 6) is 0.231. The third kappa shape index (κ3) is 6.66. The molecule has 7 nitrogen and oxygen atoms in total. The van der Waals surface area contributed by atoms with E-state index in [1.54, 1.807) is 37.5 Å². The van der Waals surface area contributed by atoms with Gasteiger partial charge in [-0.05, 0) is 74.1 Å². The molecule has 0 bridgehead atoms. The number of benzene rings is 3. The Hall–Kier alpha value is -3.69. The first-order valence-electron chi connectivity index (χ1n) is 10.3. The normalized spacial score (nSPS) is 11.1. The van der Waals surface area contributed by atoms with Gasteiger partial charge < -0.3 is 10.1 Å². The van der Waals surface area contributed by atoms with E-state index in [1.165, 1.54) is 18.2 Å². The minimum Gasteiger partial charge on any atom is -0.496 e. The minimum absolute atomic E-state index is 0.0821. The van der Waals surface area contributed by atoms with Crippen LogP contribution >= 0.6 is 12.2 Å². The number of carbonyl (C=O) groups is 1. The van der Waals surface area contributed by atoms with E-state index in [0.717, 1.165) is 16.7 Å². The lowest BCUT2D eigenvalue weighted by atomic mass is 10.1. The summed E-state index contributed by atoms with van der Waals surface area (Å²) in [6, 6.07) is 18.8. The molecule has 0 aliphatic rings. The summed E-state index contributed by atoms with van der Waals surface area (Å²) >= 11 is 5.18. The molecular weight excluding hydrogens is 470 g/mol. The molecule has 3 aromatic rings. The van der Waals surface area contributed by atoms with Crippen molar-refractivity contribution < 1.29 is 17.9 Å². The van der Waals surface area contributed by atoms with Crippen LogP contribution in [0.5, 0.6) is 5.75 Å². The monoisotopic (exact) mass is 495 g/mol. The van der Waals surface area contributed by atoms with Gasteiger partial charge in [0, 0.05) is 17.3 Å². The van der Waals surface area contributed by atoms with E-state index in [1.807, 2.05) is 44.2 Å². The van der Waals surface area contributed by atoms with Crippen LogP contribution in [0.1, 0.15) is 16.7 Å². The van der Waals surface area contributed by atoms with Crippen molar-refractivity contribution in [3.63, 3.8) is 0 Å². The van der Waals surface area contributed by atoms with Crippen LogP contribution in [0.4, 0.5) is 11.4 Å². The summed E-state index contributed by atoms with van der Waals surface area (Å²) < 4.78 is 33.3. The predicted molar refractivity (Wildman–Crippen MR) is 140 cm³/mol. The smallest absolute Gasteiger partial charge is 0.261 e. The SMILES string of the molecule is COc1ccccc1/C=C/C(=O)NC(=S)Nc1ccc(S(=O)(=O)Nc2ccc(C)cc2C)cc1. The number of ether oxygens (including phenoxy) is 1. The lowest BCUT2D eigenvalue weighted by Crippen LogP contribution is -2.32. The van der Waals surface area contributed by atoms with E-state index in [4.69, 9.17) is 17.0 Å². The average Bonchev–Trinajstić information content (AvgIpc) is 2.80. The Kier molecular flexibility index (Phi) is 8.04. The second-order valence-corrected chi connectivity index (χ2v) is 9.56. The highest BCUT2D eigenvalue weighted by molar-refractivity contribution is 7.92. The molecule has 1 amide bonds. The number of hydrogen-bond donors (Lipinski definition) is 3. The van der Waals surface area contributed by atoms with Gasteiger partial charge in [0.1, 0.15) is 5.75 Å². The molecule has 0 saturated heterocycles. The van der Waals surface area contributed by atoms with E-state index >= 15 is 0 Å². The van der Waals surface area contributed by atoms with Crippen molar-refractivity contribution >= 4 is 50.7 Å². The number of aryl methyl sites for hydroxylation is 2. The van der Waals surface area contributed by atoms with Crippen LogP contribution < -0.4 is 20.1 Å². The number of sulfonamides is 1. The number of thiocarbonyl (C=S) groups is 1. The Morgan fingerprint density at radius 3 is 2.38 bits per heavy atom. The van der Waals surface area contributed by atoms with E-state index in [-0.39, 0.29) is 10.0 Å². The van der Waals surface area contributed by atoms with E-state index < -0.39 is 15.9 Å². The van der Waals surface area contributed by atoms with Crippen LogP contribution in [-0.4, -0.2) is 26.5 Å². The molecular formula is C25H25N3O4S2. The van der Waals surface area contributed by atoms with Gasteiger partial charge in [-0.2, -0.15) is 0 Å². The number of amides is 1. The summed E-state index contributed by atoms with van der Waals surface area (Å²) in [4.78, 5) is 12.3. The van der Waals surface area contributed by atoms with Gasteiger partial charge in [-0.3, -0.25) is 14.8 Å². The number of para-hydroxylation sites is 1. The van der Waals surface area contributed by atoms with E-state index in [2.05, 4.69) is 15.4 Å². The number of methoxy groups -OCH3 is 1. The molecule has 0 radical (unpaired) electrons. The summed E-state index contributed by atoms with van der Waals surface area (Å²) in [5, 5.41) is 5.49. The Labute approximate surface area is 204 Å². The maximum Gasteiger partial charge on any atom is 0.261 e. The van der Waals surface area contributed by atoms with Gasteiger partial charge >= 0.3 is 0 Å². The minimum atomic E-state index is -3.75. The molecule has 0 aliphatic heterocycles. The predicted octanol–water partition coefficient (Wildman–Crippen LogP) is 4.64. The second-order valence-electron chi connectivity index (χ2n) is 7.47. The van der Waals surface area contributed by atoms with Crippen LogP contribution in [0.2, 0.25) is 0 Å². The first kappa shape index (κ1) is 24.9. The first-order chi connectivity index (χ1) is 16.2. The standard InChI is InChI=1S/C25H25N3O4S2/c1-17-8-14-22(18(2)16-17)28-34(30,31)21-12-10-20(11-13-21)26-25(33)27-24(29)15-9-19-6-4-5-7-23(19)32-3/h4-16,28H,1-3H3,(H2,26,27,29,33)/b15-9+. The number of nitrogens with one attached hydrogen (secondary N) is 3. The summed E-state index contributed by atoms with van der Waals surface area (Å²) in [6.45, 7) is 3.79. The van der Waals surface area contributed by atoms with Crippen LogP contribution in [-0.2, 0) is 14.8 Å². The molecule has 3 N–H and O–H groups in total. The number of carbonyl (C=O) groups excluding carboxylic acids is 1. The van der Waals surface area contributed by atoms with Gasteiger partial charge in [0.2, 0.25) is 5.91 Å². The molecule has 0 spiro atoms. The average molecular weight is 496 g/mol. The van der Waals surface area contributed by atoms with Crippen LogP contribution in [0.15, 0.2) is 77.7 Å². The van der Waals surface area contributed by atoms with Crippen molar-refractivity contribution in [1.29, 1.82) is 0 Å². The van der Waals surface area contributed by atoms with Crippen LogP contribution in [0, 0.1) is 13.8 Å². The quantitative estimate of drug-likeness (QED) is 0.326. The van der Waals surface area contributed by atoms with Crippen LogP contribution in [0.25, 0.3) is 6.08 Å². The van der Waals surface area contributed by atoms with Crippen molar-refractivity contribution in [1.82, 2.24) is 5.32 Å². The fourth-order valence-corrected chi connectivity index (χ4v) is 4.48. The zero-order valence-electron chi connectivity index (χ0n) is 19.0. The molecule has 0 fully saturated rings. The third-order valence-electron chi connectivity index (χ3n) is 4.84. The van der Waals surface area contributed by atoms with Crippen molar-refractivity contribution in [2.45, 2.75) is 18.7 Å². The Bertz CT molecular complexity index is 1330. The van der Waals surface area contributed by atoms with Crippen LogP contribution in [0.3, 0.4) is 0 Å². The lowest BCUT2D eigenvalue weighted by molar-refractivity contribution is -0.115. The van der Waals surface area contributed by atoms with Crippen molar-refractivity contribution in [2.75, 3.05) is 17.1 Å². The fraction of sp³-hybridized carbons (Fsp3) is 0.120. The molecule has 0 saturated carbocycles. The maximum absolute atomic E-state index is 12.7. The fourth-order valence-electron chi connectivity index (χ4n) is 3.13. The molecule has 176 valence electrons. The molecule has 0 aliphatic carbocycles. The Morgan fingerprint density at radius 2 is 1.71 bits per heavy atom. The molecule has 0 atom stereocenters. The number of anilines is 2. The van der Waals surface area contributed by atoms with Gasteiger partial charge in [-0.1, -0.05) is 35.9 Å². The Balaban J connectivity index is 1.59. The highest BCUT2D eigenvalue weighted by atomic mass is 32.2. The van der Waals surface area contributed by atoms with Crippen molar-refractivity contribution in [3.8, 4) is 5.75 Å². The van der Waals surface area contributed by atoms with Gasteiger partial charge in [-0.15, -0.1) is 0 Å². The molecule has 3 rings (SSSR count). The number of hydrogen-bond acceptors (Lipinski definition) is 5. The molecule has 9 heteroatoms. The molecule has 0 heterocycles.